The van der Waals surface area contributed by atoms with E-state index < -0.39 is 5.60 Å². The van der Waals surface area contributed by atoms with Gasteiger partial charge in [0, 0.05) is 43.5 Å². The highest BCUT2D eigenvalue weighted by Gasteiger charge is 2.34. The van der Waals surface area contributed by atoms with Crippen LogP contribution in [0.1, 0.15) is 44.2 Å². The number of thiazole rings is 1. The summed E-state index contributed by atoms with van der Waals surface area (Å²) in [6, 6.07) is 0.247. The number of nitrogens with zero attached hydrogens (tertiary/aromatic N) is 3. The minimum Gasteiger partial charge on any atom is -0.444 e. The van der Waals surface area contributed by atoms with Gasteiger partial charge in [-0.1, -0.05) is 0 Å². The van der Waals surface area contributed by atoms with Crippen LogP contribution in [0.2, 0.25) is 0 Å². The molecular weight excluding hydrogens is 312 g/mol. The van der Waals surface area contributed by atoms with Gasteiger partial charge in [0.1, 0.15) is 5.60 Å². The van der Waals surface area contributed by atoms with Crippen LogP contribution < -0.4 is 5.73 Å². The maximum absolute atomic E-state index is 12.4. The average molecular weight is 338 g/mol. The first kappa shape index (κ1) is 16.5. The third kappa shape index (κ3) is 3.95. The molecule has 23 heavy (non-hydrogen) atoms. The summed E-state index contributed by atoms with van der Waals surface area (Å²) in [7, 11) is 0. The average Bonchev–Trinajstić information content (AvgIpc) is 3.01. The van der Waals surface area contributed by atoms with Crippen LogP contribution in [0.25, 0.3) is 0 Å². The van der Waals surface area contributed by atoms with Crippen molar-refractivity contribution in [2.75, 3.05) is 25.4 Å². The second-order valence-electron chi connectivity index (χ2n) is 7.38. The van der Waals surface area contributed by atoms with Gasteiger partial charge in [-0.15, -0.1) is 11.3 Å². The van der Waals surface area contributed by atoms with Gasteiger partial charge in [0.2, 0.25) is 0 Å². The molecule has 0 saturated carbocycles. The summed E-state index contributed by atoms with van der Waals surface area (Å²) in [5.41, 5.74) is 6.52. The molecule has 1 saturated heterocycles. The predicted octanol–water partition coefficient (Wildman–Crippen LogP) is 2.48. The number of anilines is 1. The van der Waals surface area contributed by atoms with Gasteiger partial charge < -0.3 is 15.4 Å². The van der Waals surface area contributed by atoms with Gasteiger partial charge in [-0.25, -0.2) is 9.78 Å². The molecule has 0 bridgehead atoms. The second-order valence-corrected chi connectivity index (χ2v) is 8.49. The maximum atomic E-state index is 12.4. The van der Waals surface area contributed by atoms with Gasteiger partial charge >= 0.3 is 6.09 Å². The molecule has 0 radical (unpaired) electrons. The Balaban J connectivity index is 1.60. The van der Waals surface area contributed by atoms with E-state index in [0.717, 1.165) is 51.1 Å². The first-order valence-corrected chi connectivity index (χ1v) is 9.09. The molecule has 3 heterocycles. The molecule has 0 aromatic carbocycles. The Hall–Kier alpha value is -1.34. The molecule has 2 aliphatic rings. The number of nitrogens with two attached hydrogens (primary N) is 1. The third-order valence-electron chi connectivity index (χ3n) is 4.30. The van der Waals surface area contributed by atoms with Crippen LogP contribution in [0, 0.1) is 0 Å². The number of ether oxygens (including phenoxy) is 1. The molecule has 0 aliphatic carbocycles. The van der Waals surface area contributed by atoms with Crippen molar-refractivity contribution in [3.63, 3.8) is 0 Å². The lowest BCUT2D eigenvalue weighted by molar-refractivity contribution is 0.0192. The van der Waals surface area contributed by atoms with E-state index in [1.165, 1.54) is 4.88 Å². The number of fused-ring (bicyclic) bond motifs is 1. The zero-order chi connectivity index (χ0) is 16.6. The Labute approximate surface area is 141 Å². The number of amides is 1. The van der Waals surface area contributed by atoms with E-state index in [1.807, 2.05) is 25.7 Å². The van der Waals surface area contributed by atoms with E-state index >= 15 is 0 Å². The van der Waals surface area contributed by atoms with Gasteiger partial charge in [-0.3, -0.25) is 4.90 Å². The Morgan fingerprint density at radius 1 is 1.43 bits per heavy atom. The van der Waals surface area contributed by atoms with Crippen molar-refractivity contribution >= 4 is 22.6 Å². The lowest BCUT2D eigenvalue weighted by Gasteiger charge is -2.33. The summed E-state index contributed by atoms with van der Waals surface area (Å²) in [6.45, 7) is 9.31. The molecule has 2 N–H and O–H groups in total. The van der Waals surface area contributed by atoms with E-state index in [1.54, 1.807) is 11.3 Å². The zero-order valence-corrected chi connectivity index (χ0v) is 15.0. The van der Waals surface area contributed by atoms with Crippen LogP contribution in [0.15, 0.2) is 0 Å². The maximum Gasteiger partial charge on any atom is 0.410 e. The predicted molar refractivity (Wildman–Crippen MR) is 91.5 cm³/mol. The minimum atomic E-state index is -0.440. The second kappa shape index (κ2) is 6.28. The lowest BCUT2D eigenvalue weighted by Crippen LogP contribution is -2.46. The molecule has 3 rings (SSSR count). The monoisotopic (exact) mass is 338 g/mol. The van der Waals surface area contributed by atoms with Crippen molar-refractivity contribution in [3.05, 3.63) is 10.6 Å². The molecule has 0 unspecified atom stereocenters. The van der Waals surface area contributed by atoms with Crippen molar-refractivity contribution in [2.24, 2.45) is 0 Å². The quantitative estimate of drug-likeness (QED) is 0.897. The van der Waals surface area contributed by atoms with Crippen LogP contribution in [-0.4, -0.2) is 52.2 Å². The Morgan fingerprint density at radius 3 is 2.96 bits per heavy atom. The number of carbonyl (C=O) groups is 1. The summed E-state index contributed by atoms with van der Waals surface area (Å²) in [6.07, 6.45) is 2.87. The highest BCUT2D eigenvalue weighted by Crippen LogP contribution is 2.28. The topological polar surface area (TPSA) is 71.7 Å². The summed E-state index contributed by atoms with van der Waals surface area (Å²) < 4.78 is 5.54. The van der Waals surface area contributed by atoms with Crippen LogP contribution in [0.4, 0.5) is 9.93 Å². The fourth-order valence-corrected chi connectivity index (χ4v) is 4.23. The normalized spacial score (nSPS) is 22.2. The molecule has 6 nitrogen and oxygen atoms in total. The smallest absolute Gasteiger partial charge is 0.410 e. The number of carbonyl (C=O) groups excluding carboxylic acids is 1. The SMILES string of the molecule is CC(C)(C)OC(=O)N1CCC[C@H]1CN1CCc2nc(N)sc2C1. The number of likely N-dealkylation sites (tertiary alicyclic amines) is 1. The fraction of sp³-hybridized carbons (Fsp3) is 0.750. The van der Waals surface area contributed by atoms with E-state index in [2.05, 4.69) is 9.88 Å². The molecule has 1 aromatic heterocycles. The van der Waals surface area contributed by atoms with Crippen LogP contribution in [0.5, 0.6) is 0 Å². The number of nitrogen functional groups attached to an aromatic ring is 1. The van der Waals surface area contributed by atoms with Crippen LogP contribution in [-0.2, 0) is 17.7 Å². The Kier molecular flexibility index (Phi) is 4.51. The highest BCUT2D eigenvalue weighted by molar-refractivity contribution is 7.15. The lowest BCUT2D eigenvalue weighted by atomic mass is 10.1. The van der Waals surface area contributed by atoms with Crippen molar-refractivity contribution < 1.29 is 9.53 Å². The molecule has 1 amide bonds. The third-order valence-corrected chi connectivity index (χ3v) is 5.21. The van der Waals surface area contributed by atoms with Gasteiger partial charge in [0.25, 0.3) is 0 Å². The van der Waals surface area contributed by atoms with Crippen molar-refractivity contribution in [1.29, 1.82) is 0 Å². The first-order valence-electron chi connectivity index (χ1n) is 8.28. The molecule has 7 heteroatoms. The number of hydrogen-bond donors (Lipinski definition) is 1. The van der Waals surface area contributed by atoms with Gasteiger partial charge in [0.05, 0.1) is 5.69 Å². The summed E-state index contributed by atoms with van der Waals surface area (Å²) in [5, 5.41) is 0.660. The van der Waals surface area contributed by atoms with E-state index in [-0.39, 0.29) is 12.1 Å². The zero-order valence-electron chi connectivity index (χ0n) is 14.2. The number of rotatable bonds is 2. The molecular formula is C16H26N4O2S. The molecule has 1 aromatic rings. The summed E-state index contributed by atoms with van der Waals surface area (Å²) in [4.78, 5) is 22.3. The number of aromatic nitrogens is 1. The van der Waals surface area contributed by atoms with E-state index in [9.17, 15) is 4.79 Å². The Morgan fingerprint density at radius 2 is 2.22 bits per heavy atom. The van der Waals surface area contributed by atoms with Crippen molar-refractivity contribution in [2.45, 2.75) is 58.2 Å². The summed E-state index contributed by atoms with van der Waals surface area (Å²) in [5.74, 6) is 0. The summed E-state index contributed by atoms with van der Waals surface area (Å²) >= 11 is 1.59. The standard InChI is InChI=1S/C16H26N4O2S/c1-16(2,3)22-15(21)20-7-4-5-11(20)9-19-8-6-12-13(10-19)23-14(17)18-12/h11H,4-10H2,1-3H3,(H2,17,18)/t11-/m0/s1. The first-order chi connectivity index (χ1) is 10.8. The Bertz CT molecular complexity index is 581. The molecule has 0 spiro atoms. The van der Waals surface area contributed by atoms with Gasteiger partial charge in [-0.2, -0.15) is 0 Å². The fourth-order valence-electron chi connectivity index (χ4n) is 3.31. The number of hydrogen-bond acceptors (Lipinski definition) is 6. The van der Waals surface area contributed by atoms with Gasteiger partial charge in [-0.05, 0) is 33.6 Å². The molecule has 1 fully saturated rings. The molecule has 1 atom stereocenters. The largest absolute Gasteiger partial charge is 0.444 e. The van der Waals surface area contributed by atoms with Crippen molar-refractivity contribution in [3.8, 4) is 0 Å². The van der Waals surface area contributed by atoms with E-state index in [4.69, 9.17) is 10.5 Å². The van der Waals surface area contributed by atoms with Crippen molar-refractivity contribution in [1.82, 2.24) is 14.8 Å². The van der Waals surface area contributed by atoms with E-state index in [0.29, 0.717) is 5.13 Å². The van der Waals surface area contributed by atoms with Crippen LogP contribution in [0.3, 0.4) is 0 Å². The van der Waals surface area contributed by atoms with Gasteiger partial charge in [0.15, 0.2) is 5.13 Å². The molecule has 2 aliphatic heterocycles. The minimum absolute atomic E-state index is 0.181. The molecule has 128 valence electrons. The highest BCUT2D eigenvalue weighted by atomic mass is 32.1. The van der Waals surface area contributed by atoms with Crippen LogP contribution >= 0.6 is 11.3 Å².